The zero-order valence-electron chi connectivity index (χ0n) is 26.6. The highest BCUT2D eigenvalue weighted by atomic mass is 16.2. The molecule has 232 valence electrons. The second-order valence-electron chi connectivity index (χ2n) is 13.0. The van der Waals surface area contributed by atoms with E-state index in [2.05, 4.69) is 103 Å². The van der Waals surface area contributed by atoms with Crippen molar-refractivity contribution in [3.05, 3.63) is 82.9 Å². The van der Waals surface area contributed by atoms with Gasteiger partial charge < -0.3 is 22.1 Å². The highest BCUT2D eigenvalue weighted by Crippen LogP contribution is 2.26. The number of guanidine groups is 1. The lowest BCUT2D eigenvalue weighted by molar-refractivity contribution is -0.138. The van der Waals surface area contributed by atoms with Crippen LogP contribution in [0.2, 0.25) is 0 Å². The Balaban J connectivity index is 1.51. The molecule has 1 saturated heterocycles. The summed E-state index contributed by atoms with van der Waals surface area (Å²) in [6.45, 7) is 11.8. The maximum absolute atomic E-state index is 14.0. The predicted octanol–water partition coefficient (Wildman–Crippen LogP) is 4.94. The van der Waals surface area contributed by atoms with Crippen LogP contribution in [0.4, 0.5) is 0 Å². The van der Waals surface area contributed by atoms with Crippen molar-refractivity contribution < 1.29 is 4.79 Å². The molecule has 0 radical (unpaired) electrons. The summed E-state index contributed by atoms with van der Waals surface area (Å²) >= 11 is 0. The van der Waals surface area contributed by atoms with Gasteiger partial charge >= 0.3 is 0 Å². The number of unbranched alkanes of at least 4 members (excludes halogenated alkanes) is 1. The highest BCUT2D eigenvalue weighted by Gasteiger charge is 2.36. The Morgan fingerprint density at radius 1 is 0.953 bits per heavy atom. The number of aliphatic imine (C=N–C) groups is 1. The monoisotopic (exact) mass is 584 g/mol. The lowest BCUT2D eigenvalue weighted by Crippen LogP contribution is -2.62. The summed E-state index contributed by atoms with van der Waals surface area (Å²) in [4.78, 5) is 22.9. The SMILES string of the molecule is Cc1ccc(CC(N)CN2CC(CC(C)C)N(C(=O)Cc3ccc4ccccc4c3)CC2CCCCN=C(N)N)c(C)c1. The van der Waals surface area contributed by atoms with Gasteiger partial charge in [-0.2, -0.15) is 0 Å². The van der Waals surface area contributed by atoms with Crippen LogP contribution < -0.4 is 17.2 Å². The molecule has 0 aliphatic carbocycles. The molecule has 1 amide bonds. The van der Waals surface area contributed by atoms with Crippen LogP contribution in [-0.4, -0.2) is 66.0 Å². The van der Waals surface area contributed by atoms with Crippen LogP contribution in [0.3, 0.4) is 0 Å². The fourth-order valence-electron chi connectivity index (χ4n) is 6.61. The van der Waals surface area contributed by atoms with Gasteiger partial charge in [0, 0.05) is 44.3 Å². The Morgan fingerprint density at radius 2 is 1.72 bits per heavy atom. The van der Waals surface area contributed by atoms with Gasteiger partial charge in [-0.1, -0.05) is 80.1 Å². The molecular formula is C36H52N6O. The molecule has 7 nitrogen and oxygen atoms in total. The van der Waals surface area contributed by atoms with Crippen LogP contribution in [0.5, 0.6) is 0 Å². The number of carbonyl (C=O) groups excluding carboxylic acids is 1. The molecule has 1 aliphatic heterocycles. The van der Waals surface area contributed by atoms with E-state index < -0.39 is 0 Å². The molecule has 6 N–H and O–H groups in total. The van der Waals surface area contributed by atoms with E-state index >= 15 is 0 Å². The molecular weight excluding hydrogens is 532 g/mol. The van der Waals surface area contributed by atoms with E-state index in [0.29, 0.717) is 18.9 Å². The fourth-order valence-corrected chi connectivity index (χ4v) is 6.61. The topological polar surface area (TPSA) is 114 Å². The Morgan fingerprint density at radius 3 is 2.44 bits per heavy atom. The molecule has 0 spiro atoms. The summed E-state index contributed by atoms with van der Waals surface area (Å²) in [6.07, 6.45) is 5.12. The molecule has 4 rings (SSSR count). The Hall–Kier alpha value is -3.42. The summed E-state index contributed by atoms with van der Waals surface area (Å²) in [7, 11) is 0. The minimum atomic E-state index is 0.0186. The molecule has 1 heterocycles. The summed E-state index contributed by atoms with van der Waals surface area (Å²) in [5, 5.41) is 2.37. The number of rotatable bonds is 13. The average molecular weight is 585 g/mol. The smallest absolute Gasteiger partial charge is 0.227 e. The third kappa shape index (κ3) is 9.54. The number of piperazine rings is 1. The number of benzene rings is 3. The molecule has 7 heteroatoms. The third-order valence-electron chi connectivity index (χ3n) is 8.73. The minimum Gasteiger partial charge on any atom is -0.370 e. The van der Waals surface area contributed by atoms with Crippen molar-refractivity contribution in [2.24, 2.45) is 28.1 Å². The van der Waals surface area contributed by atoms with Crippen molar-refractivity contribution in [3.8, 4) is 0 Å². The van der Waals surface area contributed by atoms with Crippen LogP contribution in [0.15, 0.2) is 65.7 Å². The van der Waals surface area contributed by atoms with Crippen molar-refractivity contribution in [3.63, 3.8) is 0 Å². The summed E-state index contributed by atoms with van der Waals surface area (Å²) in [5.41, 5.74) is 22.9. The molecule has 0 saturated carbocycles. The second-order valence-corrected chi connectivity index (χ2v) is 13.0. The minimum absolute atomic E-state index is 0.0186. The van der Waals surface area contributed by atoms with Gasteiger partial charge in [0.2, 0.25) is 5.91 Å². The van der Waals surface area contributed by atoms with Crippen molar-refractivity contribution in [2.45, 2.75) is 84.3 Å². The first-order chi connectivity index (χ1) is 20.6. The number of hydrogen-bond donors (Lipinski definition) is 3. The van der Waals surface area contributed by atoms with E-state index in [1.165, 1.54) is 27.5 Å². The van der Waals surface area contributed by atoms with E-state index in [1.54, 1.807) is 0 Å². The van der Waals surface area contributed by atoms with Gasteiger partial charge in [0.05, 0.1) is 6.42 Å². The van der Waals surface area contributed by atoms with Gasteiger partial charge in [0.25, 0.3) is 0 Å². The first kappa shape index (κ1) is 32.5. The lowest BCUT2D eigenvalue weighted by Gasteiger charge is -2.48. The molecule has 3 atom stereocenters. The molecule has 0 aromatic heterocycles. The van der Waals surface area contributed by atoms with Crippen LogP contribution in [-0.2, 0) is 17.6 Å². The Kier molecular flexibility index (Phi) is 11.6. The van der Waals surface area contributed by atoms with Crippen LogP contribution >= 0.6 is 0 Å². The predicted molar refractivity (Wildman–Crippen MR) is 180 cm³/mol. The first-order valence-electron chi connectivity index (χ1n) is 16.0. The molecule has 3 aromatic carbocycles. The van der Waals surface area contributed by atoms with Crippen molar-refractivity contribution in [1.82, 2.24) is 9.80 Å². The van der Waals surface area contributed by atoms with Crippen molar-refractivity contribution >= 4 is 22.6 Å². The number of fused-ring (bicyclic) bond motifs is 1. The number of amides is 1. The standard InChI is InChI=1S/C36H52N6O/c1-25(2)17-34-23-41(22-32(37)21-30-14-12-26(3)18-27(30)4)33(11-7-8-16-40-36(38)39)24-42(34)35(43)20-28-13-15-29-9-5-6-10-31(29)19-28/h5-6,9-10,12-15,18-19,25,32-34H,7-8,11,16-17,20-24,37H2,1-4H3,(H4,38,39,40). The molecule has 3 aromatic rings. The summed E-state index contributed by atoms with van der Waals surface area (Å²) < 4.78 is 0. The lowest BCUT2D eigenvalue weighted by atomic mass is 9.93. The van der Waals surface area contributed by atoms with E-state index in [4.69, 9.17) is 17.2 Å². The highest BCUT2D eigenvalue weighted by molar-refractivity contribution is 5.85. The van der Waals surface area contributed by atoms with E-state index in [1.807, 2.05) is 0 Å². The zero-order valence-corrected chi connectivity index (χ0v) is 26.6. The molecule has 1 aliphatic rings. The Bertz CT molecular complexity index is 1380. The number of aryl methyl sites for hydroxylation is 2. The van der Waals surface area contributed by atoms with Gasteiger partial charge in [-0.3, -0.25) is 14.7 Å². The van der Waals surface area contributed by atoms with Gasteiger partial charge in [-0.25, -0.2) is 0 Å². The van der Waals surface area contributed by atoms with E-state index in [9.17, 15) is 4.79 Å². The third-order valence-corrected chi connectivity index (χ3v) is 8.73. The Labute approximate surface area is 258 Å². The molecule has 43 heavy (non-hydrogen) atoms. The van der Waals surface area contributed by atoms with Crippen molar-refractivity contribution in [1.29, 1.82) is 0 Å². The van der Waals surface area contributed by atoms with Gasteiger partial charge in [0.15, 0.2) is 5.96 Å². The maximum Gasteiger partial charge on any atom is 0.227 e. The van der Waals surface area contributed by atoms with E-state index in [-0.39, 0.29) is 30.0 Å². The quantitative estimate of drug-likeness (QED) is 0.150. The van der Waals surface area contributed by atoms with Crippen LogP contribution in [0.1, 0.15) is 61.8 Å². The molecule has 0 bridgehead atoms. The van der Waals surface area contributed by atoms with Gasteiger partial charge in [-0.05, 0) is 79.3 Å². The number of nitrogens with zero attached hydrogens (tertiary/aromatic N) is 3. The van der Waals surface area contributed by atoms with Crippen LogP contribution in [0, 0.1) is 19.8 Å². The molecule has 3 unspecified atom stereocenters. The number of nitrogens with two attached hydrogens (primary N) is 3. The van der Waals surface area contributed by atoms with Crippen LogP contribution in [0.25, 0.3) is 10.8 Å². The summed E-state index contributed by atoms with van der Waals surface area (Å²) in [6, 6.07) is 21.8. The zero-order chi connectivity index (χ0) is 30.9. The van der Waals surface area contributed by atoms with Gasteiger partial charge in [0.1, 0.15) is 0 Å². The maximum atomic E-state index is 14.0. The number of hydrogen-bond acceptors (Lipinski definition) is 4. The average Bonchev–Trinajstić information content (AvgIpc) is 2.94. The normalized spacial score (nSPS) is 18.2. The van der Waals surface area contributed by atoms with Crippen molar-refractivity contribution in [2.75, 3.05) is 26.2 Å². The largest absolute Gasteiger partial charge is 0.370 e. The fraction of sp³-hybridized carbons (Fsp3) is 0.500. The first-order valence-corrected chi connectivity index (χ1v) is 16.0. The summed E-state index contributed by atoms with van der Waals surface area (Å²) in [5.74, 6) is 0.840. The van der Waals surface area contributed by atoms with E-state index in [0.717, 1.165) is 57.3 Å². The van der Waals surface area contributed by atoms with Gasteiger partial charge in [-0.15, -0.1) is 0 Å². The molecule has 1 fully saturated rings. The number of carbonyl (C=O) groups is 1. The second kappa shape index (κ2) is 15.3.